The average Bonchev–Trinajstić information content (AvgIpc) is 3.06. The van der Waals surface area contributed by atoms with Crippen molar-refractivity contribution in [3.05, 3.63) is 56.2 Å². The molecule has 1 amide bonds. The molecule has 0 aromatic carbocycles. The molecule has 0 fully saturated rings. The molecule has 0 bridgehead atoms. The van der Waals surface area contributed by atoms with Crippen molar-refractivity contribution in [2.24, 2.45) is 0 Å². The SMILES string of the molecule is COc1ncccc1C(=O)NCCn1c(=O)[nH]c2ccsc2c1=O. The van der Waals surface area contributed by atoms with E-state index in [1.165, 1.54) is 24.6 Å². The molecule has 0 atom stereocenters. The minimum absolute atomic E-state index is 0.0658. The zero-order valence-corrected chi connectivity index (χ0v) is 13.6. The second kappa shape index (κ2) is 6.67. The van der Waals surface area contributed by atoms with Crippen molar-refractivity contribution in [2.75, 3.05) is 13.7 Å². The van der Waals surface area contributed by atoms with Crippen molar-refractivity contribution in [3.8, 4) is 5.88 Å². The highest BCUT2D eigenvalue weighted by molar-refractivity contribution is 7.17. The van der Waals surface area contributed by atoms with E-state index in [0.717, 1.165) is 4.57 Å². The molecule has 9 heteroatoms. The molecule has 2 N–H and O–H groups in total. The molecule has 8 nitrogen and oxygen atoms in total. The summed E-state index contributed by atoms with van der Waals surface area (Å²) in [6, 6.07) is 4.89. The van der Waals surface area contributed by atoms with Crippen LogP contribution in [0.1, 0.15) is 10.4 Å². The minimum atomic E-state index is -0.501. The van der Waals surface area contributed by atoms with E-state index in [-0.39, 0.29) is 36.0 Å². The Morgan fingerprint density at radius 3 is 3.04 bits per heavy atom. The topological polar surface area (TPSA) is 106 Å². The molecule has 24 heavy (non-hydrogen) atoms. The third-order valence-corrected chi connectivity index (χ3v) is 4.32. The normalized spacial score (nSPS) is 10.7. The third kappa shape index (κ3) is 2.93. The van der Waals surface area contributed by atoms with Crippen LogP contribution in [0.2, 0.25) is 0 Å². The van der Waals surface area contributed by atoms with E-state index in [1.807, 2.05) is 0 Å². The van der Waals surface area contributed by atoms with E-state index in [0.29, 0.717) is 10.2 Å². The van der Waals surface area contributed by atoms with Crippen molar-refractivity contribution in [3.63, 3.8) is 0 Å². The Morgan fingerprint density at radius 1 is 1.42 bits per heavy atom. The Kier molecular flexibility index (Phi) is 4.43. The number of carbonyl (C=O) groups excluding carboxylic acids is 1. The lowest BCUT2D eigenvalue weighted by Gasteiger charge is -2.09. The number of fused-ring (bicyclic) bond motifs is 1. The van der Waals surface area contributed by atoms with Crippen LogP contribution in [-0.4, -0.2) is 34.1 Å². The quantitative estimate of drug-likeness (QED) is 0.703. The predicted molar refractivity (Wildman–Crippen MR) is 89.8 cm³/mol. The highest BCUT2D eigenvalue weighted by Crippen LogP contribution is 2.13. The standard InChI is InChI=1S/C15H14N4O4S/c1-23-13-9(3-2-5-17-13)12(20)16-6-7-19-14(21)11-10(4-8-24-11)18-15(19)22/h2-5,8H,6-7H2,1H3,(H,16,20)(H,18,22). The predicted octanol–water partition coefficient (Wildman–Crippen LogP) is 0.585. The number of hydrogen-bond acceptors (Lipinski definition) is 6. The Bertz CT molecular complexity index is 1000. The summed E-state index contributed by atoms with van der Waals surface area (Å²) in [7, 11) is 1.43. The molecule has 3 aromatic heterocycles. The fourth-order valence-corrected chi connectivity index (χ4v) is 3.07. The van der Waals surface area contributed by atoms with Gasteiger partial charge < -0.3 is 15.0 Å². The van der Waals surface area contributed by atoms with Crippen molar-refractivity contribution in [2.45, 2.75) is 6.54 Å². The lowest BCUT2D eigenvalue weighted by atomic mass is 10.2. The van der Waals surface area contributed by atoms with Crippen LogP contribution in [0.5, 0.6) is 5.88 Å². The number of methoxy groups -OCH3 is 1. The Balaban J connectivity index is 1.74. The lowest BCUT2D eigenvalue weighted by Crippen LogP contribution is -2.38. The Morgan fingerprint density at radius 2 is 2.25 bits per heavy atom. The first-order valence-corrected chi connectivity index (χ1v) is 7.97. The van der Waals surface area contributed by atoms with Crippen LogP contribution < -0.4 is 21.3 Å². The number of aromatic nitrogens is 3. The number of pyridine rings is 1. The zero-order chi connectivity index (χ0) is 17.1. The molecule has 3 aromatic rings. The molecular formula is C15H14N4O4S. The van der Waals surface area contributed by atoms with Gasteiger partial charge in [0, 0.05) is 19.3 Å². The number of thiophene rings is 1. The van der Waals surface area contributed by atoms with Gasteiger partial charge in [-0.3, -0.25) is 14.2 Å². The zero-order valence-electron chi connectivity index (χ0n) is 12.7. The number of H-pyrrole nitrogens is 1. The van der Waals surface area contributed by atoms with Gasteiger partial charge in [0.25, 0.3) is 11.5 Å². The molecular weight excluding hydrogens is 332 g/mol. The number of rotatable bonds is 5. The van der Waals surface area contributed by atoms with E-state index in [4.69, 9.17) is 4.74 Å². The maximum absolute atomic E-state index is 12.3. The first kappa shape index (κ1) is 15.9. The smallest absolute Gasteiger partial charge is 0.328 e. The third-order valence-electron chi connectivity index (χ3n) is 3.42. The van der Waals surface area contributed by atoms with E-state index >= 15 is 0 Å². The number of hydrogen-bond donors (Lipinski definition) is 2. The largest absolute Gasteiger partial charge is 0.480 e. The molecule has 0 saturated carbocycles. The fourth-order valence-electron chi connectivity index (χ4n) is 2.28. The van der Waals surface area contributed by atoms with E-state index < -0.39 is 5.69 Å². The molecule has 124 valence electrons. The van der Waals surface area contributed by atoms with Gasteiger partial charge in [-0.05, 0) is 23.6 Å². The minimum Gasteiger partial charge on any atom is -0.480 e. The maximum Gasteiger partial charge on any atom is 0.328 e. The van der Waals surface area contributed by atoms with Crippen LogP contribution in [0.4, 0.5) is 0 Å². The second-order valence-corrected chi connectivity index (χ2v) is 5.78. The van der Waals surface area contributed by atoms with Crippen molar-refractivity contribution >= 4 is 27.5 Å². The highest BCUT2D eigenvalue weighted by atomic mass is 32.1. The van der Waals surface area contributed by atoms with Crippen molar-refractivity contribution in [1.82, 2.24) is 19.9 Å². The molecule has 0 aliphatic carbocycles. The van der Waals surface area contributed by atoms with Gasteiger partial charge in [0.15, 0.2) is 0 Å². The summed E-state index contributed by atoms with van der Waals surface area (Å²) >= 11 is 1.26. The molecule has 3 heterocycles. The van der Waals surface area contributed by atoms with E-state index in [2.05, 4.69) is 15.3 Å². The van der Waals surface area contributed by atoms with Crippen LogP contribution in [0.3, 0.4) is 0 Å². The fraction of sp³-hybridized carbons (Fsp3) is 0.200. The van der Waals surface area contributed by atoms with Gasteiger partial charge in [-0.2, -0.15) is 0 Å². The molecule has 0 saturated heterocycles. The van der Waals surface area contributed by atoms with E-state index in [1.54, 1.807) is 23.6 Å². The first-order chi connectivity index (χ1) is 11.6. The van der Waals surface area contributed by atoms with Crippen molar-refractivity contribution in [1.29, 1.82) is 0 Å². The Labute approximate surface area is 139 Å². The van der Waals surface area contributed by atoms with Crippen LogP contribution in [0.15, 0.2) is 39.4 Å². The van der Waals surface area contributed by atoms with Crippen LogP contribution in [0, 0.1) is 0 Å². The van der Waals surface area contributed by atoms with Crippen LogP contribution >= 0.6 is 11.3 Å². The lowest BCUT2D eigenvalue weighted by molar-refractivity contribution is 0.0948. The molecule has 0 aliphatic heterocycles. The van der Waals surface area contributed by atoms with Crippen LogP contribution in [0.25, 0.3) is 10.2 Å². The molecule has 0 spiro atoms. The number of carbonyl (C=O) groups is 1. The number of aromatic amines is 1. The highest BCUT2D eigenvalue weighted by Gasteiger charge is 2.13. The number of nitrogens with zero attached hydrogens (tertiary/aromatic N) is 2. The average molecular weight is 346 g/mol. The number of nitrogens with one attached hydrogen (secondary N) is 2. The van der Waals surface area contributed by atoms with Crippen molar-refractivity contribution < 1.29 is 9.53 Å². The van der Waals surface area contributed by atoms with Gasteiger partial charge in [-0.1, -0.05) is 0 Å². The summed E-state index contributed by atoms with van der Waals surface area (Å²) in [5, 5.41) is 4.39. The Hall–Kier alpha value is -2.94. The van der Waals surface area contributed by atoms with Gasteiger partial charge >= 0.3 is 5.69 Å². The second-order valence-electron chi connectivity index (χ2n) is 4.87. The molecule has 0 unspecified atom stereocenters. The maximum atomic E-state index is 12.3. The first-order valence-electron chi connectivity index (χ1n) is 7.09. The van der Waals surface area contributed by atoms with Gasteiger partial charge in [-0.15, -0.1) is 11.3 Å². The molecule has 3 rings (SSSR count). The summed E-state index contributed by atoms with van der Waals surface area (Å²) in [6.07, 6.45) is 1.52. The number of amides is 1. The van der Waals surface area contributed by atoms with Crippen LogP contribution in [-0.2, 0) is 6.54 Å². The summed E-state index contributed by atoms with van der Waals surface area (Å²) in [6.45, 7) is 0.188. The van der Waals surface area contributed by atoms with E-state index in [9.17, 15) is 14.4 Å². The monoisotopic (exact) mass is 346 g/mol. The van der Waals surface area contributed by atoms with Gasteiger partial charge in [0.2, 0.25) is 5.88 Å². The molecule has 0 aliphatic rings. The van der Waals surface area contributed by atoms with Gasteiger partial charge in [0.1, 0.15) is 10.3 Å². The summed E-state index contributed by atoms with van der Waals surface area (Å²) in [4.78, 5) is 43.0. The summed E-state index contributed by atoms with van der Waals surface area (Å²) in [5.74, 6) is -0.174. The molecule has 0 radical (unpaired) electrons. The summed E-state index contributed by atoms with van der Waals surface area (Å²) < 4.78 is 6.58. The number of ether oxygens (including phenoxy) is 1. The van der Waals surface area contributed by atoms with Gasteiger partial charge in [-0.25, -0.2) is 9.78 Å². The summed E-state index contributed by atoms with van der Waals surface area (Å²) in [5.41, 5.74) is -0.0542. The van der Waals surface area contributed by atoms with Gasteiger partial charge in [0.05, 0.1) is 12.6 Å².